The minimum absolute atomic E-state index is 0.0370. The Morgan fingerprint density at radius 2 is 1.46 bits per heavy atom. The smallest absolute Gasteiger partial charge is 0.254 e. The van der Waals surface area contributed by atoms with E-state index < -0.39 is 0 Å². The number of carbonyl (C=O) groups is 2. The van der Waals surface area contributed by atoms with Crippen molar-refractivity contribution in [3.8, 4) is 11.1 Å². The van der Waals surface area contributed by atoms with E-state index in [1.165, 1.54) is 0 Å². The molecular weight excluding hydrogens is 462 g/mol. The van der Waals surface area contributed by atoms with Crippen LogP contribution in [-0.4, -0.2) is 64.3 Å². The molecule has 6 rings (SSSR count). The van der Waals surface area contributed by atoms with Gasteiger partial charge in [0.25, 0.3) is 5.91 Å². The molecule has 1 aromatic heterocycles. The monoisotopic (exact) mass is 495 g/mol. The second-order valence-electron chi connectivity index (χ2n) is 10.3. The Hall–Kier alpha value is -3.74. The Morgan fingerprint density at radius 3 is 2.19 bits per heavy atom. The molecule has 3 aromatic rings. The highest BCUT2D eigenvalue weighted by Gasteiger charge is 2.32. The summed E-state index contributed by atoms with van der Waals surface area (Å²) in [5.41, 5.74) is 5.02. The van der Waals surface area contributed by atoms with Crippen LogP contribution in [0.5, 0.6) is 0 Å². The number of benzene rings is 2. The fraction of sp³-hybridized carbons (Fsp3) is 0.400. The van der Waals surface area contributed by atoms with Crippen molar-refractivity contribution in [3.05, 3.63) is 77.7 Å². The quantitative estimate of drug-likeness (QED) is 0.543. The van der Waals surface area contributed by atoms with Gasteiger partial charge in [0.2, 0.25) is 5.91 Å². The molecule has 0 bridgehead atoms. The summed E-state index contributed by atoms with van der Waals surface area (Å²) in [6.45, 7) is 4.60. The third-order valence-electron chi connectivity index (χ3n) is 8.07. The Balaban J connectivity index is 1.14. The second kappa shape index (κ2) is 10.3. The molecule has 0 atom stereocenters. The lowest BCUT2D eigenvalue weighted by molar-refractivity contribution is -0.135. The number of rotatable bonds is 4. The third kappa shape index (κ3) is 4.82. The van der Waals surface area contributed by atoms with Crippen molar-refractivity contribution in [1.82, 2.24) is 19.8 Å². The summed E-state index contributed by atoms with van der Waals surface area (Å²) in [4.78, 5) is 41.7. The van der Waals surface area contributed by atoms with Crippen LogP contribution >= 0.6 is 0 Å². The van der Waals surface area contributed by atoms with Crippen LogP contribution in [0.3, 0.4) is 0 Å². The van der Waals surface area contributed by atoms with Crippen molar-refractivity contribution in [2.75, 3.05) is 37.6 Å². The van der Waals surface area contributed by atoms with E-state index in [2.05, 4.69) is 27.0 Å². The number of likely N-dealkylation sites (tertiary alicyclic amines) is 1. The normalized spacial score (nSPS) is 18.1. The molecule has 37 heavy (non-hydrogen) atoms. The first-order valence-electron chi connectivity index (χ1n) is 13.5. The van der Waals surface area contributed by atoms with Crippen LogP contribution in [0, 0.1) is 5.92 Å². The van der Waals surface area contributed by atoms with E-state index in [0.717, 1.165) is 86.5 Å². The number of fused-ring (bicyclic) bond motifs is 1. The maximum atomic E-state index is 13.4. The van der Waals surface area contributed by atoms with Crippen molar-refractivity contribution < 1.29 is 9.59 Å². The van der Waals surface area contributed by atoms with Gasteiger partial charge in [0.05, 0.1) is 12.2 Å². The van der Waals surface area contributed by atoms with Gasteiger partial charge in [-0.2, -0.15) is 0 Å². The molecule has 4 heterocycles. The lowest BCUT2D eigenvalue weighted by atomic mass is 9.94. The summed E-state index contributed by atoms with van der Waals surface area (Å²) >= 11 is 0. The molecule has 2 saturated heterocycles. The molecule has 2 aromatic carbocycles. The summed E-state index contributed by atoms with van der Waals surface area (Å²) in [6.07, 6.45) is 6.33. The number of piperidine rings is 1. The molecule has 190 valence electrons. The first kappa shape index (κ1) is 23.6. The molecule has 7 nitrogen and oxygen atoms in total. The topological polar surface area (TPSA) is 69.6 Å². The standard InChI is InChI=1S/C30H33N5O2/c36-29(34-15-4-5-16-34)25-12-17-33(18-13-25)28-26-20-35(19-14-27(26)31-21-32-28)30(37)24-10-8-23(9-11-24)22-6-2-1-3-7-22/h1-3,6-11,21,25H,4-5,12-20H2. The molecule has 7 heteroatoms. The molecule has 0 aliphatic carbocycles. The predicted octanol–water partition coefficient (Wildman–Crippen LogP) is 4.18. The SMILES string of the molecule is O=C(c1ccc(-c2ccccc2)cc1)N1CCc2ncnc(N3CCC(C(=O)N4CCCC4)CC3)c2C1. The van der Waals surface area contributed by atoms with E-state index in [0.29, 0.717) is 24.6 Å². The summed E-state index contributed by atoms with van der Waals surface area (Å²) < 4.78 is 0. The third-order valence-corrected chi connectivity index (χ3v) is 8.07. The van der Waals surface area contributed by atoms with Crippen LogP contribution in [0.15, 0.2) is 60.9 Å². The van der Waals surface area contributed by atoms with E-state index in [1.54, 1.807) is 6.33 Å². The van der Waals surface area contributed by atoms with Crippen LogP contribution in [0.4, 0.5) is 5.82 Å². The van der Waals surface area contributed by atoms with Gasteiger partial charge in [0.15, 0.2) is 0 Å². The Labute approximate surface area is 218 Å². The summed E-state index contributed by atoms with van der Waals surface area (Å²) in [5.74, 6) is 1.41. The number of nitrogens with zero attached hydrogens (tertiary/aromatic N) is 5. The van der Waals surface area contributed by atoms with Gasteiger partial charge in [0.1, 0.15) is 12.1 Å². The summed E-state index contributed by atoms with van der Waals surface area (Å²) in [6, 6.07) is 18.1. The summed E-state index contributed by atoms with van der Waals surface area (Å²) in [5, 5.41) is 0. The van der Waals surface area contributed by atoms with Crippen LogP contribution in [0.1, 0.15) is 47.3 Å². The van der Waals surface area contributed by atoms with Crippen molar-refractivity contribution in [1.29, 1.82) is 0 Å². The highest BCUT2D eigenvalue weighted by atomic mass is 16.2. The minimum atomic E-state index is 0.0370. The molecule has 3 aliphatic heterocycles. The van der Waals surface area contributed by atoms with Gasteiger partial charge in [0, 0.05) is 56.2 Å². The van der Waals surface area contributed by atoms with E-state index >= 15 is 0 Å². The lowest BCUT2D eigenvalue weighted by Crippen LogP contribution is -2.43. The van der Waals surface area contributed by atoms with Crippen molar-refractivity contribution in [2.24, 2.45) is 5.92 Å². The van der Waals surface area contributed by atoms with Gasteiger partial charge in [-0.3, -0.25) is 9.59 Å². The predicted molar refractivity (Wildman–Crippen MR) is 143 cm³/mol. The Kier molecular flexibility index (Phi) is 6.60. The van der Waals surface area contributed by atoms with Gasteiger partial charge in [-0.1, -0.05) is 42.5 Å². The number of hydrogen-bond donors (Lipinski definition) is 0. The first-order valence-corrected chi connectivity index (χ1v) is 13.5. The largest absolute Gasteiger partial charge is 0.356 e. The maximum Gasteiger partial charge on any atom is 0.254 e. The van der Waals surface area contributed by atoms with Gasteiger partial charge in [-0.25, -0.2) is 9.97 Å². The number of aromatic nitrogens is 2. The van der Waals surface area contributed by atoms with Gasteiger partial charge in [-0.15, -0.1) is 0 Å². The number of hydrogen-bond acceptors (Lipinski definition) is 5. The van der Waals surface area contributed by atoms with Gasteiger partial charge < -0.3 is 14.7 Å². The molecule has 0 unspecified atom stereocenters. The van der Waals surface area contributed by atoms with Crippen LogP contribution in [-0.2, 0) is 17.8 Å². The number of anilines is 1. The molecule has 2 fully saturated rings. The molecule has 0 spiro atoms. The van der Waals surface area contributed by atoms with Crippen LogP contribution in [0.25, 0.3) is 11.1 Å². The Morgan fingerprint density at radius 1 is 0.757 bits per heavy atom. The average Bonchev–Trinajstić information content (AvgIpc) is 3.52. The molecule has 2 amide bonds. The zero-order chi connectivity index (χ0) is 25.2. The molecule has 0 saturated carbocycles. The summed E-state index contributed by atoms with van der Waals surface area (Å²) in [7, 11) is 0. The molecule has 3 aliphatic rings. The zero-order valence-electron chi connectivity index (χ0n) is 21.2. The van der Waals surface area contributed by atoms with Crippen molar-refractivity contribution in [3.63, 3.8) is 0 Å². The zero-order valence-corrected chi connectivity index (χ0v) is 21.2. The fourth-order valence-electron chi connectivity index (χ4n) is 5.92. The minimum Gasteiger partial charge on any atom is -0.356 e. The second-order valence-corrected chi connectivity index (χ2v) is 10.3. The van der Waals surface area contributed by atoms with Gasteiger partial charge in [-0.05, 0) is 48.9 Å². The average molecular weight is 496 g/mol. The fourth-order valence-corrected chi connectivity index (χ4v) is 5.92. The highest BCUT2D eigenvalue weighted by Crippen LogP contribution is 2.31. The number of amides is 2. The van der Waals surface area contributed by atoms with E-state index in [4.69, 9.17) is 0 Å². The molecular formula is C30H33N5O2. The van der Waals surface area contributed by atoms with Crippen LogP contribution in [0.2, 0.25) is 0 Å². The van der Waals surface area contributed by atoms with Crippen LogP contribution < -0.4 is 4.90 Å². The lowest BCUT2D eigenvalue weighted by Gasteiger charge is -2.36. The van der Waals surface area contributed by atoms with Gasteiger partial charge >= 0.3 is 0 Å². The van der Waals surface area contributed by atoms with E-state index in [9.17, 15) is 9.59 Å². The maximum absolute atomic E-state index is 13.4. The van der Waals surface area contributed by atoms with E-state index in [1.807, 2.05) is 52.3 Å². The van der Waals surface area contributed by atoms with E-state index in [-0.39, 0.29) is 11.8 Å². The Bertz CT molecular complexity index is 1260. The van der Waals surface area contributed by atoms with Crippen molar-refractivity contribution in [2.45, 2.75) is 38.6 Å². The first-order chi connectivity index (χ1) is 18.2. The molecule has 0 N–H and O–H groups in total. The molecule has 0 radical (unpaired) electrons. The number of carbonyl (C=O) groups excluding carboxylic acids is 2. The highest BCUT2D eigenvalue weighted by molar-refractivity contribution is 5.95. The van der Waals surface area contributed by atoms with Crippen molar-refractivity contribution >= 4 is 17.6 Å².